The Morgan fingerprint density at radius 1 is 1.06 bits per heavy atom. The molecular weight excluding hydrogens is 392 g/mol. The van der Waals surface area contributed by atoms with Crippen LogP contribution in [0.4, 0.5) is 0 Å². The monoisotopic (exact) mass is 426 g/mol. The number of amides is 2. The molecule has 0 saturated carbocycles. The predicted molar refractivity (Wildman–Crippen MR) is 122 cm³/mol. The number of methoxy groups -OCH3 is 1. The van der Waals surface area contributed by atoms with Crippen molar-refractivity contribution in [2.24, 2.45) is 5.92 Å². The molecule has 0 spiro atoms. The number of carbonyl (C=O) groups excluding carboxylic acids is 2. The van der Waals surface area contributed by atoms with Crippen molar-refractivity contribution in [3.63, 3.8) is 0 Å². The minimum Gasteiger partial charge on any atom is -0.497 e. The number of aryl methyl sites for hydroxylation is 1. The van der Waals surface area contributed by atoms with Crippen LogP contribution in [0, 0.1) is 12.8 Å². The highest BCUT2D eigenvalue weighted by atomic mass is 16.5. The fraction of sp³-hybridized carbons (Fsp3) is 0.440. The molecule has 2 amide bonds. The highest BCUT2D eigenvalue weighted by Gasteiger charge is 2.29. The van der Waals surface area contributed by atoms with E-state index >= 15 is 0 Å². The van der Waals surface area contributed by atoms with Gasteiger partial charge in [-0.2, -0.15) is 0 Å². The molecule has 0 aliphatic carbocycles. The van der Waals surface area contributed by atoms with Gasteiger partial charge in [0.15, 0.2) is 6.61 Å². The molecule has 0 aromatic heterocycles. The molecule has 0 unspecified atom stereocenters. The summed E-state index contributed by atoms with van der Waals surface area (Å²) in [6, 6.07) is 14.5. The molecule has 6 heteroatoms. The maximum absolute atomic E-state index is 13.2. The third kappa shape index (κ3) is 7.63. The summed E-state index contributed by atoms with van der Waals surface area (Å²) in [5.41, 5.74) is 2.00. The Labute approximate surface area is 185 Å². The van der Waals surface area contributed by atoms with Crippen molar-refractivity contribution in [3.05, 3.63) is 59.7 Å². The Bertz CT molecular complexity index is 849. The molecule has 0 fully saturated rings. The van der Waals surface area contributed by atoms with E-state index in [-0.39, 0.29) is 18.4 Å². The smallest absolute Gasteiger partial charge is 0.261 e. The van der Waals surface area contributed by atoms with Crippen LogP contribution in [-0.4, -0.2) is 43.0 Å². The zero-order chi connectivity index (χ0) is 22.8. The zero-order valence-corrected chi connectivity index (χ0v) is 19.2. The molecule has 2 rings (SSSR count). The van der Waals surface area contributed by atoms with E-state index in [1.807, 2.05) is 76.2 Å². The zero-order valence-electron chi connectivity index (χ0n) is 19.2. The lowest BCUT2D eigenvalue weighted by atomic mass is 10.1. The number of rotatable bonds is 11. The summed E-state index contributed by atoms with van der Waals surface area (Å²) < 4.78 is 11.0. The van der Waals surface area contributed by atoms with Crippen LogP contribution in [0.1, 0.15) is 38.3 Å². The van der Waals surface area contributed by atoms with Gasteiger partial charge in [0.25, 0.3) is 5.91 Å². The molecule has 1 N–H and O–H groups in total. The van der Waals surface area contributed by atoms with E-state index in [4.69, 9.17) is 9.47 Å². The molecule has 0 bridgehead atoms. The Morgan fingerprint density at radius 3 is 2.39 bits per heavy atom. The highest BCUT2D eigenvalue weighted by molar-refractivity contribution is 5.88. The van der Waals surface area contributed by atoms with Gasteiger partial charge in [0.05, 0.1) is 7.11 Å². The number of hydrogen-bond acceptors (Lipinski definition) is 4. The van der Waals surface area contributed by atoms with Crippen LogP contribution >= 0.6 is 0 Å². The van der Waals surface area contributed by atoms with Gasteiger partial charge in [0.1, 0.15) is 17.5 Å². The first-order valence-corrected chi connectivity index (χ1v) is 10.7. The van der Waals surface area contributed by atoms with E-state index in [9.17, 15) is 9.59 Å². The highest BCUT2D eigenvalue weighted by Crippen LogP contribution is 2.18. The molecule has 2 aromatic carbocycles. The van der Waals surface area contributed by atoms with Gasteiger partial charge in [-0.3, -0.25) is 9.59 Å². The molecule has 6 nitrogen and oxygen atoms in total. The quantitative estimate of drug-likeness (QED) is 0.591. The molecule has 1 atom stereocenters. The van der Waals surface area contributed by atoms with E-state index in [0.717, 1.165) is 11.1 Å². The van der Waals surface area contributed by atoms with Crippen LogP contribution in [0.2, 0.25) is 0 Å². The molecule has 0 aliphatic heterocycles. The van der Waals surface area contributed by atoms with Gasteiger partial charge < -0.3 is 19.7 Å². The van der Waals surface area contributed by atoms with Crippen LogP contribution < -0.4 is 14.8 Å². The molecule has 0 radical (unpaired) electrons. The minimum atomic E-state index is -0.584. The first kappa shape index (κ1) is 24.3. The molecule has 0 saturated heterocycles. The van der Waals surface area contributed by atoms with Gasteiger partial charge in [-0.15, -0.1) is 0 Å². The van der Waals surface area contributed by atoms with Crippen molar-refractivity contribution in [1.29, 1.82) is 0 Å². The number of ether oxygens (including phenoxy) is 2. The first-order valence-electron chi connectivity index (χ1n) is 10.7. The van der Waals surface area contributed by atoms with Crippen molar-refractivity contribution in [2.45, 2.75) is 46.7 Å². The second-order valence-corrected chi connectivity index (χ2v) is 8.04. The number of hydrogen-bond donors (Lipinski definition) is 1. The van der Waals surface area contributed by atoms with Crippen LogP contribution in [-0.2, 0) is 16.1 Å². The molecule has 0 heterocycles. The standard InChI is InChI=1S/C25H34N2O4/c1-6-23(25(29)26-15-18(2)3)27(16-20-8-7-9-22(14-20)30-5)24(28)17-31-21-12-10-19(4)11-13-21/h7-14,18,23H,6,15-17H2,1-5H3,(H,26,29)/t23-/m1/s1. The first-order chi connectivity index (χ1) is 14.8. The Balaban J connectivity index is 2.20. The molecule has 0 aliphatic rings. The van der Waals surface area contributed by atoms with Crippen molar-refractivity contribution in [3.8, 4) is 11.5 Å². The average Bonchev–Trinajstić information content (AvgIpc) is 2.77. The Morgan fingerprint density at radius 2 is 1.77 bits per heavy atom. The van der Waals surface area contributed by atoms with Crippen LogP contribution in [0.25, 0.3) is 0 Å². The third-order valence-electron chi connectivity index (χ3n) is 4.94. The summed E-state index contributed by atoms with van der Waals surface area (Å²) in [5, 5.41) is 2.96. The lowest BCUT2D eigenvalue weighted by Crippen LogP contribution is -2.50. The Kier molecular flexibility index (Phi) is 9.38. The average molecular weight is 427 g/mol. The summed E-state index contributed by atoms with van der Waals surface area (Å²) in [5.74, 6) is 1.27. The van der Waals surface area contributed by atoms with E-state index < -0.39 is 6.04 Å². The molecule has 168 valence electrons. The van der Waals surface area contributed by atoms with Crippen LogP contribution in [0.5, 0.6) is 11.5 Å². The largest absolute Gasteiger partial charge is 0.497 e. The van der Waals surface area contributed by atoms with Crippen molar-refractivity contribution in [2.75, 3.05) is 20.3 Å². The van der Waals surface area contributed by atoms with Crippen molar-refractivity contribution >= 4 is 11.8 Å². The fourth-order valence-corrected chi connectivity index (χ4v) is 3.17. The predicted octanol–water partition coefficient (Wildman–Crippen LogP) is 3.96. The summed E-state index contributed by atoms with van der Waals surface area (Å²) in [6.45, 7) is 8.70. The topological polar surface area (TPSA) is 67.9 Å². The number of benzene rings is 2. The van der Waals surface area contributed by atoms with Crippen LogP contribution in [0.3, 0.4) is 0 Å². The van der Waals surface area contributed by atoms with Gasteiger partial charge >= 0.3 is 0 Å². The normalized spacial score (nSPS) is 11.7. The second kappa shape index (κ2) is 12.0. The third-order valence-corrected chi connectivity index (χ3v) is 4.94. The fourth-order valence-electron chi connectivity index (χ4n) is 3.17. The second-order valence-electron chi connectivity index (χ2n) is 8.04. The van der Waals surface area contributed by atoms with E-state index in [2.05, 4.69) is 5.32 Å². The molecule has 31 heavy (non-hydrogen) atoms. The lowest BCUT2D eigenvalue weighted by Gasteiger charge is -2.31. The van der Waals surface area contributed by atoms with Crippen molar-refractivity contribution in [1.82, 2.24) is 10.2 Å². The number of nitrogens with one attached hydrogen (secondary N) is 1. The summed E-state index contributed by atoms with van der Waals surface area (Å²) in [7, 11) is 1.60. The summed E-state index contributed by atoms with van der Waals surface area (Å²) in [4.78, 5) is 27.6. The maximum atomic E-state index is 13.2. The Hall–Kier alpha value is -3.02. The number of nitrogens with zero attached hydrogens (tertiary/aromatic N) is 1. The number of carbonyl (C=O) groups is 2. The van der Waals surface area contributed by atoms with Gasteiger partial charge in [-0.25, -0.2) is 0 Å². The summed E-state index contributed by atoms with van der Waals surface area (Å²) >= 11 is 0. The van der Waals surface area contributed by atoms with Gasteiger partial charge in [-0.05, 0) is 49.1 Å². The van der Waals surface area contributed by atoms with E-state index in [1.54, 1.807) is 12.0 Å². The van der Waals surface area contributed by atoms with Gasteiger partial charge in [-0.1, -0.05) is 50.6 Å². The summed E-state index contributed by atoms with van der Waals surface area (Å²) in [6.07, 6.45) is 0.504. The SMILES string of the molecule is CC[C@H](C(=O)NCC(C)C)N(Cc1cccc(OC)c1)C(=O)COc1ccc(C)cc1. The van der Waals surface area contributed by atoms with Crippen molar-refractivity contribution < 1.29 is 19.1 Å². The van der Waals surface area contributed by atoms with E-state index in [0.29, 0.717) is 36.9 Å². The van der Waals surface area contributed by atoms with E-state index in [1.165, 1.54) is 0 Å². The van der Waals surface area contributed by atoms with Gasteiger partial charge in [0.2, 0.25) is 5.91 Å². The van der Waals surface area contributed by atoms with Crippen LogP contribution in [0.15, 0.2) is 48.5 Å². The maximum Gasteiger partial charge on any atom is 0.261 e. The molecule has 2 aromatic rings. The van der Waals surface area contributed by atoms with Gasteiger partial charge in [0, 0.05) is 13.1 Å². The lowest BCUT2D eigenvalue weighted by molar-refractivity contribution is -0.143. The minimum absolute atomic E-state index is 0.138. The molecular formula is C25H34N2O4.